The highest BCUT2D eigenvalue weighted by molar-refractivity contribution is 7.93. The van der Waals surface area contributed by atoms with Crippen LogP contribution in [0.1, 0.15) is 39.8 Å². The zero-order valence-electron chi connectivity index (χ0n) is 17.1. The zero-order chi connectivity index (χ0) is 21.9. The Balaban J connectivity index is 1.97. The van der Waals surface area contributed by atoms with Crippen molar-refractivity contribution < 1.29 is 17.9 Å². The summed E-state index contributed by atoms with van der Waals surface area (Å²) in [5, 5.41) is 5.39. The molecule has 1 heterocycles. The Kier molecular flexibility index (Phi) is 6.24. The minimum atomic E-state index is -3.85. The van der Waals surface area contributed by atoms with Crippen LogP contribution in [0.2, 0.25) is 0 Å². The number of nitrogens with two attached hydrogens (primary N) is 1. The third-order valence-corrected chi connectivity index (χ3v) is 6.09. The molecule has 0 saturated heterocycles. The minimum Gasteiger partial charge on any atom is -0.497 e. The normalized spacial score (nSPS) is 12.4. The lowest BCUT2D eigenvalue weighted by Gasteiger charge is -2.11. The predicted molar refractivity (Wildman–Crippen MR) is 118 cm³/mol. The van der Waals surface area contributed by atoms with Gasteiger partial charge in [0, 0.05) is 17.7 Å². The van der Waals surface area contributed by atoms with Crippen LogP contribution < -0.4 is 9.88 Å². The van der Waals surface area contributed by atoms with E-state index < -0.39 is 10.0 Å². The first kappa shape index (κ1) is 21.5. The van der Waals surface area contributed by atoms with Gasteiger partial charge in [0.2, 0.25) is 15.8 Å². The van der Waals surface area contributed by atoms with E-state index in [0.29, 0.717) is 29.0 Å². The summed E-state index contributed by atoms with van der Waals surface area (Å²) in [6.07, 6.45) is 0.295. The van der Waals surface area contributed by atoms with Gasteiger partial charge in [0.15, 0.2) is 0 Å². The van der Waals surface area contributed by atoms with Gasteiger partial charge >= 0.3 is 0 Å². The number of hydrogen-bond donors (Lipinski definition) is 2. The Morgan fingerprint density at radius 3 is 2.23 bits per heavy atom. The number of nitrogens with one attached hydrogen (secondary N) is 1. The van der Waals surface area contributed by atoms with Gasteiger partial charge < -0.3 is 9.72 Å². The highest BCUT2D eigenvalue weighted by Gasteiger charge is 2.19. The fraction of sp³-hybridized carbons (Fsp3) is 0.174. The van der Waals surface area contributed by atoms with Gasteiger partial charge in [-0.25, -0.2) is 13.6 Å². The molecule has 0 saturated carbocycles. The van der Waals surface area contributed by atoms with Gasteiger partial charge in [-0.1, -0.05) is 30.3 Å². The first-order chi connectivity index (χ1) is 14.2. The number of carbonyl (C=O) groups is 1. The third kappa shape index (κ3) is 4.69. The lowest BCUT2D eigenvalue weighted by molar-refractivity contribution is 0.103. The maximum absolute atomic E-state index is 12.9. The number of rotatable bonds is 7. The number of sulfonamides is 1. The molecule has 2 aromatic carbocycles. The molecule has 3 N–H and O–H groups in total. The van der Waals surface area contributed by atoms with Crippen molar-refractivity contribution in [2.24, 2.45) is 5.14 Å². The lowest BCUT2D eigenvalue weighted by atomic mass is 10.0. The van der Waals surface area contributed by atoms with Crippen LogP contribution >= 0.6 is 0 Å². The van der Waals surface area contributed by atoms with Crippen LogP contribution in [0.25, 0.3) is 5.57 Å². The third-order valence-electron chi connectivity index (χ3n) is 4.99. The van der Waals surface area contributed by atoms with E-state index in [0.717, 1.165) is 16.8 Å². The van der Waals surface area contributed by atoms with Crippen LogP contribution in [0.3, 0.4) is 0 Å². The Hall–Kier alpha value is -3.16. The van der Waals surface area contributed by atoms with Gasteiger partial charge in [0.05, 0.1) is 17.7 Å². The number of methoxy groups -OCH3 is 1. The Labute approximate surface area is 176 Å². The number of ketones is 1. The number of H-pyrrole nitrogens is 1. The van der Waals surface area contributed by atoms with Crippen LogP contribution in [0.5, 0.6) is 5.75 Å². The molecule has 0 aliphatic rings. The molecule has 0 radical (unpaired) electrons. The second-order valence-corrected chi connectivity index (χ2v) is 8.74. The smallest absolute Gasteiger partial charge is 0.234 e. The quantitative estimate of drug-likeness (QED) is 0.563. The van der Waals surface area contributed by atoms with E-state index in [1.54, 1.807) is 31.4 Å². The van der Waals surface area contributed by atoms with E-state index in [9.17, 15) is 13.2 Å². The average Bonchev–Trinajstić information content (AvgIpc) is 3.11. The molecule has 3 rings (SSSR count). The monoisotopic (exact) mass is 424 g/mol. The second-order valence-electron chi connectivity index (χ2n) is 7.03. The van der Waals surface area contributed by atoms with E-state index in [4.69, 9.17) is 9.88 Å². The molecule has 3 aromatic rings. The number of carbonyl (C=O) groups excluding carboxylic acids is 1. The molecule has 0 aliphatic heterocycles. The summed E-state index contributed by atoms with van der Waals surface area (Å²) in [4.78, 5) is 16.2. The highest BCUT2D eigenvalue weighted by atomic mass is 32.2. The Morgan fingerprint density at radius 1 is 1.03 bits per heavy atom. The molecule has 0 unspecified atom stereocenters. The van der Waals surface area contributed by atoms with E-state index in [1.165, 1.54) is 6.92 Å². The first-order valence-corrected chi connectivity index (χ1v) is 10.9. The number of primary sulfonamides is 1. The molecule has 6 nitrogen and oxygen atoms in total. The maximum atomic E-state index is 12.9. The lowest BCUT2D eigenvalue weighted by Crippen LogP contribution is -2.15. The van der Waals surface area contributed by atoms with Crippen molar-refractivity contribution in [3.8, 4) is 5.75 Å². The molecule has 0 amide bonds. The number of allylic oxidation sites excluding steroid dienone is 2. The molecular formula is C23H24N2O4S. The molecule has 0 spiro atoms. The van der Waals surface area contributed by atoms with E-state index in [2.05, 4.69) is 4.98 Å². The van der Waals surface area contributed by atoms with Gasteiger partial charge in [-0.3, -0.25) is 4.79 Å². The van der Waals surface area contributed by atoms with Gasteiger partial charge in [0.1, 0.15) is 5.75 Å². The molecule has 0 atom stereocenters. The molecule has 156 valence electrons. The van der Waals surface area contributed by atoms with Crippen LogP contribution in [-0.2, 0) is 16.4 Å². The van der Waals surface area contributed by atoms with Gasteiger partial charge in [-0.15, -0.1) is 0 Å². The maximum Gasteiger partial charge on any atom is 0.234 e. The number of aromatic nitrogens is 1. The van der Waals surface area contributed by atoms with Crippen molar-refractivity contribution in [2.75, 3.05) is 7.11 Å². The summed E-state index contributed by atoms with van der Waals surface area (Å²) in [7, 11) is -2.28. The van der Waals surface area contributed by atoms with Crippen LogP contribution in [-0.4, -0.2) is 26.3 Å². The minimum absolute atomic E-state index is 0.101. The van der Waals surface area contributed by atoms with E-state index in [1.807, 2.05) is 43.3 Å². The van der Waals surface area contributed by atoms with Crippen molar-refractivity contribution in [1.82, 2.24) is 4.98 Å². The van der Waals surface area contributed by atoms with Crippen molar-refractivity contribution in [3.63, 3.8) is 0 Å². The first-order valence-electron chi connectivity index (χ1n) is 9.36. The summed E-state index contributed by atoms with van der Waals surface area (Å²) in [5.41, 5.74) is 3.86. The summed E-state index contributed by atoms with van der Waals surface area (Å²) in [6.45, 7) is 3.34. The fourth-order valence-corrected chi connectivity index (χ4v) is 3.81. The molecule has 0 bridgehead atoms. The molecule has 30 heavy (non-hydrogen) atoms. The summed E-state index contributed by atoms with van der Waals surface area (Å²) >= 11 is 0. The molecule has 0 fully saturated rings. The zero-order valence-corrected chi connectivity index (χ0v) is 17.9. The van der Waals surface area contributed by atoms with Crippen molar-refractivity contribution in [1.29, 1.82) is 0 Å². The summed E-state index contributed by atoms with van der Waals surface area (Å²) in [5.74, 6) is 0.529. The van der Waals surface area contributed by atoms with Gasteiger partial charge in [0.25, 0.3) is 0 Å². The summed E-state index contributed by atoms with van der Waals surface area (Å²) < 4.78 is 29.1. The summed E-state index contributed by atoms with van der Waals surface area (Å²) in [6, 6.07) is 18.0. The van der Waals surface area contributed by atoms with Crippen molar-refractivity contribution >= 4 is 21.4 Å². The number of aryl methyl sites for hydroxylation is 1. The number of benzene rings is 2. The Morgan fingerprint density at radius 2 is 1.67 bits per heavy atom. The second kappa shape index (κ2) is 8.69. The number of aromatic amines is 1. The van der Waals surface area contributed by atoms with Crippen molar-refractivity contribution in [2.45, 2.75) is 20.3 Å². The van der Waals surface area contributed by atoms with Crippen LogP contribution in [0, 0.1) is 6.92 Å². The number of ether oxygens (including phenoxy) is 1. The SMILES string of the molecule is COc1ccc(C(=O)c2[nH]c(CC(=C(C)S(N)(=O)=O)c3ccccc3)cc2C)cc1. The molecule has 0 aliphatic carbocycles. The highest BCUT2D eigenvalue weighted by Crippen LogP contribution is 2.27. The van der Waals surface area contributed by atoms with Gasteiger partial charge in [-0.05, 0) is 60.9 Å². The van der Waals surface area contributed by atoms with E-state index >= 15 is 0 Å². The standard InChI is InChI=1S/C23H24N2O4S/c1-15-13-19(25-22(15)23(26)18-9-11-20(29-3)12-10-18)14-21(16(2)30(24,27)28)17-7-5-4-6-8-17/h4-13,25H,14H2,1-3H3,(H2,24,27,28). The molecule has 7 heteroatoms. The number of hydrogen-bond acceptors (Lipinski definition) is 4. The molecule has 1 aromatic heterocycles. The topological polar surface area (TPSA) is 102 Å². The van der Waals surface area contributed by atoms with Crippen LogP contribution in [0.4, 0.5) is 0 Å². The average molecular weight is 425 g/mol. The molecular weight excluding hydrogens is 400 g/mol. The Bertz CT molecular complexity index is 1190. The largest absolute Gasteiger partial charge is 0.497 e. The fourth-order valence-electron chi connectivity index (χ4n) is 3.28. The predicted octanol–water partition coefficient (Wildman–Crippen LogP) is 3.82. The van der Waals surface area contributed by atoms with Crippen molar-refractivity contribution in [3.05, 3.63) is 93.6 Å². The van der Waals surface area contributed by atoms with Crippen LogP contribution in [0.15, 0.2) is 65.6 Å². The van der Waals surface area contributed by atoms with E-state index in [-0.39, 0.29) is 10.7 Å². The van der Waals surface area contributed by atoms with Gasteiger partial charge in [-0.2, -0.15) is 0 Å².